The highest BCUT2D eigenvalue weighted by atomic mass is 19.3. The van der Waals surface area contributed by atoms with Crippen molar-refractivity contribution < 1.29 is 27.4 Å². The minimum atomic E-state index is -3.02. The Morgan fingerprint density at radius 2 is 1.86 bits per heavy atom. The van der Waals surface area contributed by atoms with Crippen LogP contribution >= 0.6 is 0 Å². The number of ether oxygens (including phenoxy) is 2. The molecule has 1 amide bonds. The van der Waals surface area contributed by atoms with Gasteiger partial charge in [0.1, 0.15) is 17.7 Å². The second kappa shape index (κ2) is 8.68. The number of aromatic nitrogens is 2. The second-order valence-corrected chi connectivity index (χ2v) is 6.10. The molecule has 1 heterocycles. The molecule has 6 nitrogen and oxygen atoms in total. The topological polar surface area (TPSA) is 65.4 Å². The Kier molecular flexibility index (Phi) is 6.06. The molecule has 0 aliphatic heterocycles. The molecular formula is C20H18F3N3O3. The van der Waals surface area contributed by atoms with E-state index in [9.17, 15) is 18.0 Å². The van der Waals surface area contributed by atoms with Crippen molar-refractivity contribution in [3.8, 4) is 11.5 Å². The minimum absolute atomic E-state index is 0.00623. The summed E-state index contributed by atoms with van der Waals surface area (Å²) in [7, 11) is 3.05. The van der Waals surface area contributed by atoms with Crippen molar-refractivity contribution in [2.75, 3.05) is 7.11 Å². The number of halogens is 3. The fourth-order valence-electron chi connectivity index (χ4n) is 2.82. The van der Waals surface area contributed by atoms with E-state index in [1.54, 1.807) is 36.1 Å². The number of rotatable bonds is 7. The normalized spacial score (nSPS) is 11.9. The molecule has 152 valence electrons. The van der Waals surface area contributed by atoms with E-state index in [1.165, 1.54) is 37.4 Å². The maximum atomic E-state index is 13.3. The Morgan fingerprint density at radius 3 is 2.45 bits per heavy atom. The van der Waals surface area contributed by atoms with Gasteiger partial charge in [-0.05, 0) is 35.9 Å². The van der Waals surface area contributed by atoms with Crippen molar-refractivity contribution in [2.45, 2.75) is 12.7 Å². The lowest BCUT2D eigenvalue weighted by Gasteiger charge is -2.20. The zero-order chi connectivity index (χ0) is 21.0. The summed E-state index contributed by atoms with van der Waals surface area (Å²) < 4.78 is 49.4. The molecule has 3 rings (SSSR count). The van der Waals surface area contributed by atoms with E-state index in [1.807, 2.05) is 0 Å². The molecule has 2 aromatic carbocycles. The molecule has 1 aromatic heterocycles. The monoisotopic (exact) mass is 405 g/mol. The molecule has 3 aromatic rings. The number of imidazole rings is 1. The number of hydrogen-bond acceptors (Lipinski definition) is 4. The van der Waals surface area contributed by atoms with E-state index in [2.05, 4.69) is 15.0 Å². The number of carbonyl (C=O) groups excluding carboxylic acids is 1. The highest BCUT2D eigenvalue weighted by molar-refractivity contribution is 5.95. The third kappa shape index (κ3) is 4.68. The summed E-state index contributed by atoms with van der Waals surface area (Å²) >= 11 is 0. The summed E-state index contributed by atoms with van der Waals surface area (Å²) in [4.78, 5) is 17.1. The van der Waals surface area contributed by atoms with Crippen molar-refractivity contribution in [3.05, 3.63) is 77.6 Å². The van der Waals surface area contributed by atoms with Crippen LogP contribution in [0.3, 0.4) is 0 Å². The van der Waals surface area contributed by atoms with E-state index < -0.39 is 24.4 Å². The lowest BCUT2D eigenvalue weighted by molar-refractivity contribution is -0.0512. The molecule has 9 heteroatoms. The number of nitrogens with zero attached hydrogens (tertiary/aromatic N) is 2. The number of alkyl halides is 2. The van der Waals surface area contributed by atoms with Crippen LogP contribution in [0.1, 0.15) is 27.8 Å². The van der Waals surface area contributed by atoms with Crippen molar-refractivity contribution in [1.29, 1.82) is 0 Å². The molecule has 29 heavy (non-hydrogen) atoms. The Hall–Kier alpha value is -3.49. The first-order valence-electron chi connectivity index (χ1n) is 8.55. The first-order chi connectivity index (χ1) is 13.9. The average molecular weight is 405 g/mol. The van der Waals surface area contributed by atoms with Gasteiger partial charge in [-0.3, -0.25) is 4.79 Å². The lowest BCUT2D eigenvalue weighted by Crippen LogP contribution is -2.31. The fourth-order valence-corrected chi connectivity index (χ4v) is 2.82. The SMILES string of the molecule is COc1cc(C(=O)NC(c2ccc(F)cc2)c2nccn2C)ccc1OC(F)F. The van der Waals surface area contributed by atoms with E-state index in [-0.39, 0.29) is 17.1 Å². The number of hydrogen-bond donors (Lipinski definition) is 1. The van der Waals surface area contributed by atoms with Crippen LogP contribution in [0.2, 0.25) is 0 Å². The maximum absolute atomic E-state index is 13.3. The third-order valence-corrected chi connectivity index (χ3v) is 4.24. The van der Waals surface area contributed by atoms with E-state index >= 15 is 0 Å². The van der Waals surface area contributed by atoms with Crippen LogP contribution in [-0.4, -0.2) is 29.2 Å². The van der Waals surface area contributed by atoms with Gasteiger partial charge in [-0.1, -0.05) is 12.1 Å². The molecule has 0 saturated heterocycles. The predicted molar refractivity (Wildman–Crippen MR) is 98.5 cm³/mol. The van der Waals surface area contributed by atoms with Gasteiger partial charge in [-0.2, -0.15) is 8.78 Å². The summed E-state index contributed by atoms with van der Waals surface area (Å²) in [5.41, 5.74) is 0.795. The number of carbonyl (C=O) groups is 1. The molecular weight excluding hydrogens is 387 g/mol. The van der Waals surface area contributed by atoms with Gasteiger partial charge in [0.25, 0.3) is 5.91 Å². The zero-order valence-electron chi connectivity index (χ0n) is 15.6. The van der Waals surface area contributed by atoms with Crippen molar-refractivity contribution in [1.82, 2.24) is 14.9 Å². The highest BCUT2D eigenvalue weighted by Crippen LogP contribution is 2.30. The standard InChI is InChI=1S/C20H18F3N3O3/c1-26-10-9-24-18(26)17(12-3-6-14(21)7-4-12)25-19(27)13-5-8-15(29-20(22)23)16(11-13)28-2/h3-11,17,20H,1-2H3,(H,25,27). The first kappa shape index (κ1) is 20.2. The smallest absolute Gasteiger partial charge is 0.387 e. The lowest BCUT2D eigenvalue weighted by atomic mass is 10.0. The summed E-state index contributed by atoms with van der Waals surface area (Å²) in [5.74, 6) is -0.552. The Bertz CT molecular complexity index is 990. The molecule has 0 aliphatic carbocycles. The largest absolute Gasteiger partial charge is 0.493 e. The van der Waals surface area contributed by atoms with Crippen LogP contribution in [0, 0.1) is 5.82 Å². The third-order valence-electron chi connectivity index (χ3n) is 4.24. The van der Waals surface area contributed by atoms with Crippen LogP contribution in [0.25, 0.3) is 0 Å². The first-order valence-corrected chi connectivity index (χ1v) is 8.55. The Morgan fingerprint density at radius 1 is 1.14 bits per heavy atom. The number of nitrogens with one attached hydrogen (secondary N) is 1. The summed E-state index contributed by atoms with van der Waals surface area (Å²) in [5, 5.41) is 2.83. The van der Waals surface area contributed by atoms with Crippen LogP contribution in [0.5, 0.6) is 11.5 Å². The van der Waals surface area contributed by atoms with Gasteiger partial charge in [-0.15, -0.1) is 0 Å². The Labute approximate surface area is 164 Å². The number of benzene rings is 2. The van der Waals surface area contributed by atoms with Gasteiger partial charge in [0.05, 0.1) is 7.11 Å². The maximum Gasteiger partial charge on any atom is 0.387 e. The summed E-state index contributed by atoms with van der Waals surface area (Å²) in [6, 6.07) is 8.89. The predicted octanol–water partition coefficient (Wildman–Crippen LogP) is 3.69. The quantitative estimate of drug-likeness (QED) is 0.651. The van der Waals surface area contributed by atoms with Gasteiger partial charge in [0, 0.05) is 25.0 Å². The van der Waals surface area contributed by atoms with Crippen molar-refractivity contribution >= 4 is 5.91 Å². The van der Waals surface area contributed by atoms with Crippen LogP contribution < -0.4 is 14.8 Å². The number of aryl methyl sites for hydroxylation is 1. The number of methoxy groups -OCH3 is 1. The zero-order valence-corrected chi connectivity index (χ0v) is 15.6. The van der Waals surface area contributed by atoms with Crippen LogP contribution in [0.15, 0.2) is 54.9 Å². The molecule has 0 bridgehead atoms. The molecule has 0 aliphatic rings. The molecule has 0 radical (unpaired) electrons. The van der Waals surface area contributed by atoms with Crippen molar-refractivity contribution in [2.24, 2.45) is 7.05 Å². The molecule has 0 saturated carbocycles. The Balaban J connectivity index is 1.91. The van der Waals surface area contributed by atoms with Crippen molar-refractivity contribution in [3.63, 3.8) is 0 Å². The van der Waals surface area contributed by atoms with Gasteiger partial charge in [-0.25, -0.2) is 9.37 Å². The molecule has 0 spiro atoms. The minimum Gasteiger partial charge on any atom is -0.493 e. The van der Waals surface area contributed by atoms with E-state index in [0.29, 0.717) is 11.4 Å². The van der Waals surface area contributed by atoms with E-state index in [0.717, 1.165) is 0 Å². The number of amides is 1. The molecule has 1 atom stereocenters. The second-order valence-electron chi connectivity index (χ2n) is 6.10. The fraction of sp³-hybridized carbons (Fsp3) is 0.200. The average Bonchev–Trinajstić information content (AvgIpc) is 3.12. The molecule has 1 unspecified atom stereocenters. The van der Waals surface area contributed by atoms with Gasteiger partial charge < -0.3 is 19.4 Å². The van der Waals surface area contributed by atoms with Crippen LogP contribution in [-0.2, 0) is 7.05 Å². The molecule has 0 fully saturated rings. The summed E-state index contributed by atoms with van der Waals surface area (Å²) in [6.07, 6.45) is 3.30. The van der Waals surface area contributed by atoms with E-state index in [4.69, 9.17) is 4.74 Å². The highest BCUT2D eigenvalue weighted by Gasteiger charge is 2.22. The van der Waals surface area contributed by atoms with Gasteiger partial charge >= 0.3 is 6.61 Å². The molecule has 1 N–H and O–H groups in total. The van der Waals surface area contributed by atoms with Gasteiger partial charge in [0.2, 0.25) is 0 Å². The van der Waals surface area contributed by atoms with Gasteiger partial charge in [0.15, 0.2) is 11.5 Å². The van der Waals surface area contributed by atoms with Crippen LogP contribution in [0.4, 0.5) is 13.2 Å². The summed E-state index contributed by atoms with van der Waals surface area (Å²) in [6.45, 7) is -3.02.